The molecule has 7 rings (SSSR count). The Morgan fingerprint density at radius 3 is 1.20 bits per heavy atom. The van der Waals surface area contributed by atoms with E-state index in [-0.39, 0.29) is 0 Å². The van der Waals surface area contributed by atoms with Crippen LogP contribution in [0, 0.1) is 0 Å². The molecule has 0 bridgehead atoms. The van der Waals surface area contributed by atoms with Gasteiger partial charge >= 0.3 is 0 Å². The van der Waals surface area contributed by atoms with Gasteiger partial charge in [-0.25, -0.2) is 0 Å². The van der Waals surface area contributed by atoms with Gasteiger partial charge < -0.3 is 10.2 Å². The summed E-state index contributed by atoms with van der Waals surface area (Å²) in [5.41, 5.74) is 11.0. The van der Waals surface area contributed by atoms with Crippen LogP contribution in [0.1, 0.15) is 22.3 Å². The molecule has 0 amide bonds. The smallest absolute Gasteiger partial charge is 0.139 e. The van der Waals surface area contributed by atoms with Gasteiger partial charge in [0.05, 0.1) is 5.41 Å². The summed E-state index contributed by atoms with van der Waals surface area (Å²) in [6, 6.07) is 69.4. The van der Waals surface area contributed by atoms with E-state index in [1.54, 1.807) is 0 Å². The van der Waals surface area contributed by atoms with Crippen molar-refractivity contribution in [2.75, 3.05) is 10.2 Å². The standard InChI is InChI=1S/C43H35BN2/c44-37-27-21-34(22-28-37)43(33-13-5-1-6-14-33,35-23-29-39(30-24-35)45-38-15-7-2-8-16-38)36-25-31-42(32-26-36)46(40-17-9-3-10-18-40)41-19-11-4-12-20-41/h1-32,45H,44H2. The third-order valence-electron chi connectivity index (χ3n) is 8.66. The van der Waals surface area contributed by atoms with Crippen molar-refractivity contribution < 1.29 is 0 Å². The summed E-state index contributed by atoms with van der Waals surface area (Å²) in [4.78, 5) is 2.31. The molecule has 0 aliphatic carbocycles. The van der Waals surface area contributed by atoms with E-state index in [0.29, 0.717) is 0 Å². The predicted molar refractivity (Wildman–Crippen MR) is 197 cm³/mol. The molecule has 0 spiro atoms. The monoisotopic (exact) mass is 590 g/mol. The zero-order chi connectivity index (χ0) is 31.2. The molecule has 7 aromatic carbocycles. The van der Waals surface area contributed by atoms with Gasteiger partial charge in [-0.3, -0.25) is 0 Å². The topological polar surface area (TPSA) is 15.3 Å². The van der Waals surface area contributed by atoms with Crippen molar-refractivity contribution in [3.05, 3.63) is 216 Å². The first-order valence-corrected chi connectivity index (χ1v) is 15.8. The van der Waals surface area contributed by atoms with Gasteiger partial charge in [-0.1, -0.05) is 139 Å². The Bertz CT molecular complexity index is 1940. The summed E-state index contributed by atoms with van der Waals surface area (Å²) < 4.78 is 0. The molecule has 7 aromatic rings. The van der Waals surface area contributed by atoms with Crippen LogP contribution < -0.4 is 15.7 Å². The second kappa shape index (κ2) is 13.1. The molecule has 1 N–H and O–H groups in total. The maximum atomic E-state index is 3.55. The van der Waals surface area contributed by atoms with Crippen LogP contribution >= 0.6 is 0 Å². The van der Waals surface area contributed by atoms with Crippen molar-refractivity contribution >= 4 is 41.7 Å². The number of benzene rings is 7. The van der Waals surface area contributed by atoms with Crippen LogP contribution in [0.4, 0.5) is 28.4 Å². The Kier molecular flexibility index (Phi) is 8.22. The van der Waals surface area contributed by atoms with Gasteiger partial charge in [0.1, 0.15) is 7.85 Å². The minimum absolute atomic E-state index is 0.539. The van der Waals surface area contributed by atoms with Crippen molar-refractivity contribution in [2.45, 2.75) is 5.41 Å². The number of nitrogens with zero attached hydrogens (tertiary/aromatic N) is 1. The Balaban J connectivity index is 1.39. The average Bonchev–Trinajstić information content (AvgIpc) is 3.13. The Hall–Kier alpha value is -5.80. The van der Waals surface area contributed by atoms with E-state index >= 15 is 0 Å². The highest BCUT2D eigenvalue weighted by Crippen LogP contribution is 2.46. The van der Waals surface area contributed by atoms with Crippen LogP contribution in [0.5, 0.6) is 0 Å². The molecule has 0 saturated heterocycles. The number of rotatable bonds is 9. The van der Waals surface area contributed by atoms with Gasteiger partial charge in [0.2, 0.25) is 0 Å². The van der Waals surface area contributed by atoms with Crippen LogP contribution in [-0.2, 0) is 5.41 Å². The molecule has 0 aliphatic heterocycles. The molecular formula is C43H35BN2. The van der Waals surface area contributed by atoms with Crippen LogP contribution in [0.25, 0.3) is 0 Å². The maximum Gasteiger partial charge on any atom is 0.139 e. The van der Waals surface area contributed by atoms with Gasteiger partial charge in [0.15, 0.2) is 0 Å². The molecule has 46 heavy (non-hydrogen) atoms. The Labute approximate surface area is 273 Å². The highest BCUT2D eigenvalue weighted by Gasteiger charge is 2.38. The SMILES string of the molecule is Bc1ccc(C(c2ccccc2)(c2ccc(Nc3ccccc3)cc2)c2ccc(N(c3ccccc3)c3ccccc3)cc2)cc1. The molecule has 0 saturated carbocycles. The van der Waals surface area contributed by atoms with E-state index in [1.165, 1.54) is 27.7 Å². The third-order valence-corrected chi connectivity index (χ3v) is 8.66. The van der Waals surface area contributed by atoms with Crippen molar-refractivity contribution in [2.24, 2.45) is 0 Å². The van der Waals surface area contributed by atoms with E-state index in [9.17, 15) is 0 Å². The van der Waals surface area contributed by atoms with Gasteiger partial charge in [0.25, 0.3) is 0 Å². The van der Waals surface area contributed by atoms with Crippen molar-refractivity contribution in [3.8, 4) is 0 Å². The van der Waals surface area contributed by atoms with Crippen molar-refractivity contribution in [1.29, 1.82) is 0 Å². The molecule has 2 nitrogen and oxygen atoms in total. The molecule has 3 heteroatoms. The lowest BCUT2D eigenvalue weighted by Crippen LogP contribution is -2.31. The van der Waals surface area contributed by atoms with Gasteiger partial charge in [0, 0.05) is 28.4 Å². The summed E-state index contributed by atoms with van der Waals surface area (Å²) in [7, 11) is 2.15. The first-order valence-electron chi connectivity index (χ1n) is 15.8. The van der Waals surface area contributed by atoms with E-state index in [2.05, 4.69) is 206 Å². The lowest BCUT2D eigenvalue weighted by atomic mass is 9.65. The zero-order valence-corrected chi connectivity index (χ0v) is 25.9. The summed E-state index contributed by atoms with van der Waals surface area (Å²) >= 11 is 0. The lowest BCUT2D eigenvalue weighted by molar-refractivity contribution is 0.745. The fourth-order valence-electron chi connectivity index (χ4n) is 6.45. The molecular weight excluding hydrogens is 555 g/mol. The van der Waals surface area contributed by atoms with E-state index in [4.69, 9.17) is 0 Å². The highest BCUT2D eigenvalue weighted by molar-refractivity contribution is 6.32. The van der Waals surface area contributed by atoms with Crippen molar-refractivity contribution in [3.63, 3.8) is 0 Å². The minimum atomic E-state index is -0.539. The number of nitrogens with one attached hydrogen (secondary N) is 1. The minimum Gasteiger partial charge on any atom is -0.356 e. The van der Waals surface area contributed by atoms with E-state index < -0.39 is 5.41 Å². The molecule has 1 unspecified atom stereocenters. The van der Waals surface area contributed by atoms with Crippen molar-refractivity contribution in [1.82, 2.24) is 0 Å². The first-order chi connectivity index (χ1) is 22.7. The fraction of sp³-hybridized carbons (Fsp3) is 0.0233. The number of hydrogen-bond donors (Lipinski definition) is 1. The van der Waals surface area contributed by atoms with Crippen LogP contribution in [0.3, 0.4) is 0 Å². The largest absolute Gasteiger partial charge is 0.356 e. The Morgan fingerprint density at radius 1 is 0.348 bits per heavy atom. The second-order valence-corrected chi connectivity index (χ2v) is 11.6. The summed E-state index contributed by atoms with van der Waals surface area (Å²) in [5.74, 6) is 0. The molecule has 1 atom stereocenters. The van der Waals surface area contributed by atoms with Gasteiger partial charge in [-0.2, -0.15) is 0 Å². The zero-order valence-electron chi connectivity index (χ0n) is 25.9. The molecule has 0 heterocycles. The Morgan fingerprint density at radius 2 is 0.696 bits per heavy atom. The molecule has 220 valence electrons. The highest BCUT2D eigenvalue weighted by atomic mass is 15.1. The molecule has 0 aliphatic rings. The summed E-state index contributed by atoms with van der Waals surface area (Å²) in [6.45, 7) is 0. The number of para-hydroxylation sites is 3. The van der Waals surface area contributed by atoms with Gasteiger partial charge in [-0.15, -0.1) is 0 Å². The lowest BCUT2D eigenvalue weighted by Gasteiger charge is -2.37. The predicted octanol–water partition coefficient (Wildman–Crippen LogP) is 9.54. The number of hydrogen-bond acceptors (Lipinski definition) is 2. The molecule has 0 aromatic heterocycles. The van der Waals surface area contributed by atoms with E-state index in [0.717, 1.165) is 28.4 Å². The van der Waals surface area contributed by atoms with Gasteiger partial charge in [-0.05, 0) is 82.9 Å². The van der Waals surface area contributed by atoms with Crippen LogP contribution in [0.2, 0.25) is 0 Å². The maximum absolute atomic E-state index is 3.55. The van der Waals surface area contributed by atoms with Crippen LogP contribution in [-0.4, -0.2) is 7.85 Å². The van der Waals surface area contributed by atoms with Crippen LogP contribution in [0.15, 0.2) is 194 Å². The summed E-state index contributed by atoms with van der Waals surface area (Å²) in [5, 5.41) is 3.55. The number of anilines is 5. The normalized spacial score (nSPS) is 12.2. The first kappa shape index (κ1) is 28.9. The second-order valence-electron chi connectivity index (χ2n) is 11.6. The third kappa shape index (κ3) is 5.71. The average molecular weight is 591 g/mol. The summed E-state index contributed by atoms with van der Waals surface area (Å²) in [6.07, 6.45) is 0. The molecule has 0 fully saturated rings. The quantitative estimate of drug-likeness (QED) is 0.133. The molecule has 0 radical (unpaired) electrons. The fourth-order valence-corrected chi connectivity index (χ4v) is 6.45. The van der Waals surface area contributed by atoms with E-state index in [1.807, 2.05) is 6.07 Å².